The average Bonchev–Trinajstić information content (AvgIpc) is 2.96. The van der Waals surface area contributed by atoms with Crippen LogP contribution in [0.3, 0.4) is 0 Å². The van der Waals surface area contributed by atoms with Gasteiger partial charge in [0, 0.05) is 30.9 Å². The molecule has 4 rings (SSSR count). The van der Waals surface area contributed by atoms with E-state index in [0.717, 1.165) is 43.6 Å². The fourth-order valence-electron chi connectivity index (χ4n) is 4.25. The Hall–Kier alpha value is -2.97. The summed E-state index contributed by atoms with van der Waals surface area (Å²) in [6.45, 7) is 3.98. The number of Topliss-reactive ketones (excluding diaryl/α,β-unsaturated/α-hetero) is 1. The van der Waals surface area contributed by atoms with Crippen LogP contribution < -0.4 is 4.90 Å². The molecule has 0 radical (unpaired) electrons. The molecular formula is C23H23N3O2. The summed E-state index contributed by atoms with van der Waals surface area (Å²) in [4.78, 5) is 28.9. The third-order valence-corrected chi connectivity index (χ3v) is 5.88. The number of carbonyl (C=O) groups is 2. The van der Waals surface area contributed by atoms with Gasteiger partial charge in [-0.15, -0.1) is 0 Å². The second kappa shape index (κ2) is 7.57. The van der Waals surface area contributed by atoms with Gasteiger partial charge >= 0.3 is 0 Å². The molecule has 28 heavy (non-hydrogen) atoms. The lowest BCUT2D eigenvalue weighted by Gasteiger charge is -2.26. The molecule has 1 saturated heterocycles. The minimum atomic E-state index is -0.0998. The number of benzene rings is 2. The summed E-state index contributed by atoms with van der Waals surface area (Å²) in [5.41, 5.74) is 4.72. The maximum Gasteiger partial charge on any atom is 0.244 e. The molecule has 1 unspecified atom stereocenters. The fraction of sp³-hybridized carbons (Fsp3) is 0.348. The first-order valence-corrected chi connectivity index (χ1v) is 9.75. The van der Waals surface area contributed by atoms with Crippen LogP contribution in [0.1, 0.15) is 40.4 Å². The van der Waals surface area contributed by atoms with E-state index in [2.05, 4.69) is 17.0 Å². The molecule has 1 fully saturated rings. The maximum absolute atomic E-state index is 13.1. The monoisotopic (exact) mass is 373 g/mol. The van der Waals surface area contributed by atoms with E-state index in [1.165, 1.54) is 11.1 Å². The van der Waals surface area contributed by atoms with Crippen LogP contribution in [0.25, 0.3) is 0 Å². The van der Waals surface area contributed by atoms with E-state index in [0.29, 0.717) is 12.1 Å². The number of anilines is 1. The Morgan fingerprint density at radius 1 is 1.04 bits per heavy atom. The van der Waals surface area contributed by atoms with Crippen molar-refractivity contribution in [2.24, 2.45) is 0 Å². The zero-order chi connectivity index (χ0) is 19.7. The molecule has 0 aliphatic carbocycles. The molecule has 0 spiro atoms. The van der Waals surface area contributed by atoms with Crippen molar-refractivity contribution < 1.29 is 9.59 Å². The predicted molar refractivity (Wildman–Crippen MR) is 107 cm³/mol. The number of nitriles is 1. The van der Waals surface area contributed by atoms with E-state index >= 15 is 0 Å². The van der Waals surface area contributed by atoms with Gasteiger partial charge in [-0.25, -0.2) is 0 Å². The van der Waals surface area contributed by atoms with Gasteiger partial charge in [-0.2, -0.15) is 5.26 Å². The largest absolute Gasteiger partial charge is 0.311 e. The van der Waals surface area contributed by atoms with E-state index in [1.54, 1.807) is 19.1 Å². The highest BCUT2D eigenvalue weighted by atomic mass is 16.2. The molecule has 2 aliphatic rings. The highest BCUT2D eigenvalue weighted by Crippen LogP contribution is 2.27. The number of rotatable bonds is 3. The van der Waals surface area contributed by atoms with Crippen LogP contribution in [0.5, 0.6) is 0 Å². The van der Waals surface area contributed by atoms with Gasteiger partial charge in [0.05, 0.1) is 17.7 Å². The van der Waals surface area contributed by atoms with Crippen LogP contribution in [0, 0.1) is 11.3 Å². The van der Waals surface area contributed by atoms with E-state index < -0.39 is 0 Å². The van der Waals surface area contributed by atoms with Crippen molar-refractivity contribution in [3.63, 3.8) is 0 Å². The number of fused-ring (bicyclic) bond motifs is 1. The predicted octanol–water partition coefficient (Wildman–Crippen LogP) is 2.97. The lowest BCUT2D eigenvalue weighted by atomic mass is 9.99. The second-order valence-electron chi connectivity index (χ2n) is 7.53. The number of amides is 1. The third-order valence-electron chi connectivity index (χ3n) is 5.88. The molecule has 1 atom stereocenters. The Morgan fingerprint density at radius 2 is 1.75 bits per heavy atom. The number of carbonyl (C=O) groups excluding carboxylic acids is 2. The van der Waals surface area contributed by atoms with Crippen molar-refractivity contribution in [1.29, 1.82) is 5.26 Å². The Labute approximate surface area is 165 Å². The van der Waals surface area contributed by atoms with E-state index in [4.69, 9.17) is 5.26 Å². The molecule has 142 valence electrons. The summed E-state index contributed by atoms with van der Waals surface area (Å²) in [7, 11) is 0. The molecular weight excluding hydrogens is 350 g/mol. The number of hydrogen-bond acceptors (Lipinski definition) is 4. The normalized spacial score (nSPS) is 19.8. The van der Waals surface area contributed by atoms with Crippen LogP contribution in [0.4, 0.5) is 5.69 Å². The molecule has 1 amide bonds. The molecule has 0 saturated carbocycles. The summed E-state index contributed by atoms with van der Waals surface area (Å²) in [5, 5.41) is 8.95. The molecule has 0 aromatic heterocycles. The van der Waals surface area contributed by atoms with Crippen LogP contribution in [0.2, 0.25) is 0 Å². The van der Waals surface area contributed by atoms with Crippen molar-refractivity contribution in [3.8, 4) is 6.07 Å². The van der Waals surface area contributed by atoms with Crippen molar-refractivity contribution >= 4 is 17.4 Å². The minimum Gasteiger partial charge on any atom is -0.311 e. The lowest BCUT2D eigenvalue weighted by molar-refractivity contribution is -0.121. The molecule has 2 aromatic carbocycles. The van der Waals surface area contributed by atoms with Gasteiger partial charge in [0.25, 0.3) is 0 Å². The third kappa shape index (κ3) is 3.44. The number of nitrogens with zero attached hydrogens (tertiary/aromatic N) is 3. The number of ketones is 1. The highest BCUT2D eigenvalue weighted by Gasteiger charge is 2.37. The van der Waals surface area contributed by atoms with Gasteiger partial charge in [-0.05, 0) is 67.6 Å². The van der Waals surface area contributed by atoms with Gasteiger partial charge in [0.15, 0.2) is 5.78 Å². The smallest absolute Gasteiger partial charge is 0.244 e. The van der Waals surface area contributed by atoms with Gasteiger partial charge in [0.1, 0.15) is 0 Å². The molecule has 5 nitrogen and oxygen atoms in total. The summed E-state index contributed by atoms with van der Waals surface area (Å²) in [6, 6.07) is 15.2. The first-order chi connectivity index (χ1) is 13.6. The van der Waals surface area contributed by atoms with Gasteiger partial charge in [-0.3, -0.25) is 14.5 Å². The molecule has 5 heteroatoms. The Morgan fingerprint density at radius 3 is 2.43 bits per heavy atom. The van der Waals surface area contributed by atoms with Crippen molar-refractivity contribution in [2.45, 2.75) is 32.2 Å². The van der Waals surface area contributed by atoms with Crippen LogP contribution in [0.15, 0.2) is 42.5 Å². The Kier molecular flexibility index (Phi) is 4.97. The second-order valence-corrected chi connectivity index (χ2v) is 7.53. The van der Waals surface area contributed by atoms with Gasteiger partial charge in [0.2, 0.25) is 5.91 Å². The van der Waals surface area contributed by atoms with Crippen molar-refractivity contribution in [1.82, 2.24) is 4.90 Å². The fourth-order valence-corrected chi connectivity index (χ4v) is 4.25. The Balaban J connectivity index is 1.47. The average molecular weight is 373 g/mol. The van der Waals surface area contributed by atoms with E-state index in [9.17, 15) is 9.59 Å². The summed E-state index contributed by atoms with van der Waals surface area (Å²) >= 11 is 0. The van der Waals surface area contributed by atoms with Crippen LogP contribution in [-0.4, -0.2) is 42.3 Å². The van der Waals surface area contributed by atoms with Crippen molar-refractivity contribution in [3.05, 3.63) is 64.7 Å². The topological polar surface area (TPSA) is 64.4 Å². The minimum absolute atomic E-state index is 0.0907. The van der Waals surface area contributed by atoms with Crippen LogP contribution >= 0.6 is 0 Å². The molecule has 2 aromatic rings. The van der Waals surface area contributed by atoms with Gasteiger partial charge in [-0.1, -0.05) is 12.1 Å². The van der Waals surface area contributed by atoms with Crippen LogP contribution in [-0.2, 0) is 17.6 Å². The maximum atomic E-state index is 13.1. The SMILES string of the molecule is CC(=O)c1ccc2c(c1)CCN(C1CCN(c3ccc(C#N)cc3)C1=O)CC2. The molecule has 2 heterocycles. The van der Waals surface area contributed by atoms with E-state index in [1.807, 2.05) is 29.2 Å². The number of hydrogen-bond donors (Lipinski definition) is 0. The first kappa shape index (κ1) is 18.4. The van der Waals surface area contributed by atoms with Gasteiger partial charge < -0.3 is 4.90 Å². The summed E-state index contributed by atoms with van der Waals surface area (Å²) < 4.78 is 0. The molecule has 0 N–H and O–H groups in total. The quantitative estimate of drug-likeness (QED) is 0.776. The molecule has 2 aliphatic heterocycles. The molecule has 0 bridgehead atoms. The Bertz CT molecular complexity index is 959. The van der Waals surface area contributed by atoms with E-state index in [-0.39, 0.29) is 17.7 Å². The zero-order valence-corrected chi connectivity index (χ0v) is 16.0. The summed E-state index contributed by atoms with van der Waals surface area (Å²) in [5.74, 6) is 0.230. The zero-order valence-electron chi connectivity index (χ0n) is 16.0. The first-order valence-electron chi connectivity index (χ1n) is 9.75. The highest BCUT2D eigenvalue weighted by molar-refractivity contribution is 5.99. The standard InChI is InChI=1S/C23H23N3O2/c1-16(27)19-5-4-18-8-11-25(12-9-20(18)14-19)22-10-13-26(23(22)28)21-6-2-17(15-24)3-7-21/h2-7,14,22H,8-13H2,1H3. The lowest BCUT2D eigenvalue weighted by Crippen LogP contribution is -2.43. The van der Waals surface area contributed by atoms with Crippen molar-refractivity contribution in [2.75, 3.05) is 24.5 Å². The summed E-state index contributed by atoms with van der Waals surface area (Å²) in [6.07, 6.45) is 2.57.